The number of rotatable bonds is 4. The Kier molecular flexibility index (Phi) is 3.95. The SMILES string of the molecule is CNCC(C)C(=O)Nc1ccc2ccccc2c1. The average molecular weight is 242 g/mol. The highest BCUT2D eigenvalue weighted by Crippen LogP contribution is 2.19. The van der Waals surface area contributed by atoms with Gasteiger partial charge in [-0.15, -0.1) is 0 Å². The van der Waals surface area contributed by atoms with Crippen LogP contribution < -0.4 is 10.6 Å². The van der Waals surface area contributed by atoms with E-state index in [1.54, 1.807) is 0 Å². The Morgan fingerprint density at radius 2 is 1.89 bits per heavy atom. The monoisotopic (exact) mass is 242 g/mol. The van der Waals surface area contributed by atoms with Gasteiger partial charge in [0.15, 0.2) is 0 Å². The van der Waals surface area contributed by atoms with Crippen molar-refractivity contribution in [2.45, 2.75) is 6.92 Å². The van der Waals surface area contributed by atoms with Crippen LogP contribution in [-0.2, 0) is 4.79 Å². The summed E-state index contributed by atoms with van der Waals surface area (Å²) in [6, 6.07) is 14.1. The van der Waals surface area contributed by atoms with Crippen LogP contribution in [0.25, 0.3) is 10.8 Å². The normalized spacial score (nSPS) is 12.3. The average Bonchev–Trinajstić information content (AvgIpc) is 2.39. The summed E-state index contributed by atoms with van der Waals surface area (Å²) in [5.74, 6) is 0.00102. The van der Waals surface area contributed by atoms with Crippen molar-refractivity contribution in [3.8, 4) is 0 Å². The van der Waals surface area contributed by atoms with E-state index in [1.807, 2.05) is 50.4 Å². The second-order valence-electron chi connectivity index (χ2n) is 4.51. The highest BCUT2D eigenvalue weighted by atomic mass is 16.1. The molecule has 0 saturated carbocycles. The molecule has 0 aliphatic rings. The zero-order chi connectivity index (χ0) is 13.0. The summed E-state index contributed by atoms with van der Waals surface area (Å²) >= 11 is 0. The number of amides is 1. The first kappa shape index (κ1) is 12.6. The molecule has 1 unspecified atom stereocenters. The van der Waals surface area contributed by atoms with Gasteiger partial charge in [-0.25, -0.2) is 0 Å². The van der Waals surface area contributed by atoms with E-state index in [1.165, 1.54) is 5.39 Å². The van der Waals surface area contributed by atoms with Crippen molar-refractivity contribution in [2.24, 2.45) is 5.92 Å². The molecule has 0 aromatic heterocycles. The van der Waals surface area contributed by atoms with Crippen LogP contribution >= 0.6 is 0 Å². The quantitative estimate of drug-likeness (QED) is 0.865. The zero-order valence-electron chi connectivity index (χ0n) is 10.7. The maximum atomic E-state index is 11.9. The van der Waals surface area contributed by atoms with Crippen LogP contribution in [0.3, 0.4) is 0 Å². The third-order valence-electron chi connectivity index (χ3n) is 2.97. The lowest BCUT2D eigenvalue weighted by atomic mass is 10.1. The van der Waals surface area contributed by atoms with Crippen molar-refractivity contribution >= 4 is 22.4 Å². The minimum Gasteiger partial charge on any atom is -0.326 e. The molecule has 0 saturated heterocycles. The van der Waals surface area contributed by atoms with Gasteiger partial charge in [-0.1, -0.05) is 37.3 Å². The summed E-state index contributed by atoms with van der Waals surface area (Å²) in [5.41, 5.74) is 0.849. The van der Waals surface area contributed by atoms with Crippen LogP contribution in [0.1, 0.15) is 6.92 Å². The van der Waals surface area contributed by atoms with E-state index in [9.17, 15) is 4.79 Å². The van der Waals surface area contributed by atoms with Gasteiger partial charge in [0.2, 0.25) is 5.91 Å². The Balaban J connectivity index is 2.14. The van der Waals surface area contributed by atoms with E-state index < -0.39 is 0 Å². The van der Waals surface area contributed by atoms with Crippen molar-refractivity contribution in [2.75, 3.05) is 18.9 Å². The molecule has 0 spiro atoms. The number of carbonyl (C=O) groups is 1. The van der Waals surface area contributed by atoms with Gasteiger partial charge >= 0.3 is 0 Å². The number of carbonyl (C=O) groups excluding carboxylic acids is 1. The number of benzene rings is 2. The molecule has 2 aromatic rings. The highest BCUT2D eigenvalue weighted by Gasteiger charge is 2.11. The zero-order valence-corrected chi connectivity index (χ0v) is 10.7. The van der Waals surface area contributed by atoms with Crippen molar-refractivity contribution < 1.29 is 4.79 Å². The molecule has 18 heavy (non-hydrogen) atoms. The summed E-state index contributed by atoms with van der Waals surface area (Å²) in [4.78, 5) is 11.9. The lowest BCUT2D eigenvalue weighted by Gasteiger charge is -2.12. The minimum atomic E-state index is -0.0403. The summed E-state index contributed by atoms with van der Waals surface area (Å²) in [6.07, 6.45) is 0. The smallest absolute Gasteiger partial charge is 0.228 e. The molecule has 0 fully saturated rings. The van der Waals surface area contributed by atoms with Gasteiger partial charge in [0, 0.05) is 18.2 Å². The van der Waals surface area contributed by atoms with Gasteiger partial charge in [-0.3, -0.25) is 4.79 Å². The molecule has 1 amide bonds. The van der Waals surface area contributed by atoms with Crippen molar-refractivity contribution in [1.29, 1.82) is 0 Å². The minimum absolute atomic E-state index is 0.0403. The Hall–Kier alpha value is -1.87. The molecule has 0 radical (unpaired) electrons. The van der Waals surface area contributed by atoms with Gasteiger partial charge in [0.05, 0.1) is 0 Å². The van der Waals surface area contributed by atoms with E-state index in [-0.39, 0.29) is 11.8 Å². The Morgan fingerprint density at radius 1 is 1.17 bits per heavy atom. The van der Waals surface area contributed by atoms with Crippen molar-refractivity contribution in [3.63, 3.8) is 0 Å². The molecule has 2 N–H and O–H groups in total. The van der Waals surface area contributed by atoms with Gasteiger partial charge < -0.3 is 10.6 Å². The predicted molar refractivity (Wildman–Crippen MR) is 75.7 cm³/mol. The number of hydrogen-bond acceptors (Lipinski definition) is 2. The standard InChI is InChI=1S/C15H18N2O/c1-11(10-16-2)15(18)17-14-8-7-12-5-3-4-6-13(12)9-14/h3-9,11,16H,10H2,1-2H3,(H,17,18). The molecule has 94 valence electrons. The first-order chi connectivity index (χ1) is 8.70. The van der Waals surface area contributed by atoms with Crippen LogP contribution in [0.4, 0.5) is 5.69 Å². The summed E-state index contributed by atoms with van der Waals surface area (Å²) in [7, 11) is 1.85. The summed E-state index contributed by atoms with van der Waals surface area (Å²) in [6.45, 7) is 2.59. The van der Waals surface area contributed by atoms with E-state index in [2.05, 4.69) is 16.7 Å². The van der Waals surface area contributed by atoms with Crippen LogP contribution in [-0.4, -0.2) is 19.5 Å². The molecule has 2 aromatic carbocycles. The molecule has 3 heteroatoms. The van der Waals surface area contributed by atoms with Crippen LogP contribution in [0.15, 0.2) is 42.5 Å². The van der Waals surface area contributed by atoms with E-state index in [4.69, 9.17) is 0 Å². The number of nitrogens with one attached hydrogen (secondary N) is 2. The van der Waals surface area contributed by atoms with Gasteiger partial charge in [-0.2, -0.15) is 0 Å². The maximum Gasteiger partial charge on any atom is 0.228 e. The first-order valence-corrected chi connectivity index (χ1v) is 6.15. The number of fused-ring (bicyclic) bond motifs is 1. The Bertz CT molecular complexity index is 551. The number of hydrogen-bond donors (Lipinski definition) is 2. The lowest BCUT2D eigenvalue weighted by molar-refractivity contribution is -0.119. The molecule has 0 aliphatic carbocycles. The molecule has 2 rings (SSSR count). The highest BCUT2D eigenvalue weighted by molar-refractivity contribution is 5.95. The number of anilines is 1. The summed E-state index contributed by atoms with van der Waals surface area (Å²) in [5, 5.41) is 8.26. The lowest BCUT2D eigenvalue weighted by Crippen LogP contribution is -2.28. The predicted octanol–water partition coefficient (Wildman–Crippen LogP) is 2.63. The fourth-order valence-corrected chi connectivity index (χ4v) is 1.93. The molecule has 0 bridgehead atoms. The molecule has 0 heterocycles. The molecular weight excluding hydrogens is 224 g/mol. The first-order valence-electron chi connectivity index (χ1n) is 6.15. The second-order valence-corrected chi connectivity index (χ2v) is 4.51. The van der Waals surface area contributed by atoms with Crippen LogP contribution in [0, 0.1) is 5.92 Å². The fraction of sp³-hybridized carbons (Fsp3) is 0.267. The molecular formula is C15H18N2O. The third-order valence-corrected chi connectivity index (χ3v) is 2.97. The van der Waals surface area contributed by atoms with E-state index in [0.717, 1.165) is 11.1 Å². The fourth-order valence-electron chi connectivity index (χ4n) is 1.93. The van der Waals surface area contributed by atoms with Crippen molar-refractivity contribution in [1.82, 2.24) is 5.32 Å². The van der Waals surface area contributed by atoms with Crippen LogP contribution in [0.5, 0.6) is 0 Å². The van der Waals surface area contributed by atoms with Gasteiger partial charge in [0.1, 0.15) is 0 Å². The summed E-state index contributed by atoms with van der Waals surface area (Å²) < 4.78 is 0. The Labute approximate surface area is 107 Å². The third kappa shape index (κ3) is 2.87. The van der Waals surface area contributed by atoms with Gasteiger partial charge in [0.25, 0.3) is 0 Å². The van der Waals surface area contributed by atoms with E-state index in [0.29, 0.717) is 6.54 Å². The van der Waals surface area contributed by atoms with Crippen molar-refractivity contribution in [3.05, 3.63) is 42.5 Å². The second kappa shape index (κ2) is 5.65. The van der Waals surface area contributed by atoms with Crippen LogP contribution in [0.2, 0.25) is 0 Å². The topological polar surface area (TPSA) is 41.1 Å². The molecule has 1 atom stereocenters. The molecule has 3 nitrogen and oxygen atoms in total. The largest absolute Gasteiger partial charge is 0.326 e. The molecule has 0 aliphatic heterocycles. The maximum absolute atomic E-state index is 11.9. The van der Waals surface area contributed by atoms with E-state index >= 15 is 0 Å². The van der Waals surface area contributed by atoms with Gasteiger partial charge in [-0.05, 0) is 30.0 Å². The Morgan fingerprint density at radius 3 is 2.61 bits per heavy atom.